The lowest BCUT2D eigenvalue weighted by Crippen LogP contribution is -2.30. The number of hydrogen-bond donors (Lipinski definition) is 2. The topological polar surface area (TPSA) is 72.2 Å². The molecule has 0 amide bonds. The Balaban J connectivity index is 1.84. The molecule has 0 fully saturated rings. The van der Waals surface area contributed by atoms with Gasteiger partial charge in [0.15, 0.2) is 0 Å². The first-order chi connectivity index (χ1) is 11.9. The van der Waals surface area contributed by atoms with Crippen LogP contribution in [0.5, 0.6) is 0 Å². The number of benzene rings is 2. The minimum Gasteiger partial charge on any atom is -0.378 e. The Kier molecular flexibility index (Phi) is 4.07. The summed E-state index contributed by atoms with van der Waals surface area (Å²) in [5.41, 5.74) is 2.69. The fourth-order valence-electron chi connectivity index (χ4n) is 3.84. The Morgan fingerprint density at radius 2 is 1.84 bits per heavy atom. The zero-order valence-electron chi connectivity index (χ0n) is 13.1. The highest BCUT2D eigenvalue weighted by molar-refractivity contribution is 7.89. The minimum absolute atomic E-state index is 0.0472. The zero-order valence-corrected chi connectivity index (χ0v) is 15.4. The van der Waals surface area contributed by atoms with Crippen LogP contribution in [0.4, 0.5) is 5.69 Å². The number of fused-ring (bicyclic) bond motifs is 3. The van der Waals surface area contributed by atoms with Gasteiger partial charge in [-0.3, -0.25) is 0 Å². The highest BCUT2D eigenvalue weighted by Gasteiger charge is 2.39. The maximum absolute atomic E-state index is 11.7. The van der Waals surface area contributed by atoms with E-state index in [1.165, 1.54) is 6.07 Å². The van der Waals surface area contributed by atoms with E-state index in [2.05, 4.69) is 17.5 Å². The quantitative estimate of drug-likeness (QED) is 0.738. The molecule has 0 bridgehead atoms. The van der Waals surface area contributed by atoms with Crippen LogP contribution >= 0.6 is 23.2 Å². The number of anilines is 1. The van der Waals surface area contributed by atoms with Crippen molar-refractivity contribution < 1.29 is 8.42 Å². The number of halogens is 2. The lowest BCUT2D eigenvalue weighted by Gasteiger charge is -2.38. The molecule has 130 valence electrons. The van der Waals surface area contributed by atoms with E-state index in [4.69, 9.17) is 28.3 Å². The zero-order chi connectivity index (χ0) is 17.8. The third kappa shape index (κ3) is 2.85. The van der Waals surface area contributed by atoms with E-state index in [0.29, 0.717) is 10.0 Å². The minimum atomic E-state index is -3.74. The third-order valence-electron chi connectivity index (χ3n) is 4.97. The predicted molar refractivity (Wildman–Crippen MR) is 101 cm³/mol. The van der Waals surface area contributed by atoms with Gasteiger partial charge in [0.1, 0.15) is 0 Å². The summed E-state index contributed by atoms with van der Waals surface area (Å²) in [5, 5.41) is 10.0. The first-order valence-electron chi connectivity index (χ1n) is 7.90. The Bertz CT molecular complexity index is 968. The molecule has 25 heavy (non-hydrogen) atoms. The number of nitrogens with two attached hydrogens (primary N) is 1. The average molecular weight is 395 g/mol. The summed E-state index contributed by atoms with van der Waals surface area (Å²) >= 11 is 12.8. The van der Waals surface area contributed by atoms with Crippen molar-refractivity contribution in [2.24, 2.45) is 11.1 Å². The van der Waals surface area contributed by atoms with Crippen LogP contribution in [0.1, 0.15) is 29.5 Å². The molecule has 0 spiro atoms. The number of allylic oxidation sites excluding steroid dienone is 2. The number of hydrogen-bond acceptors (Lipinski definition) is 3. The van der Waals surface area contributed by atoms with Gasteiger partial charge in [-0.25, -0.2) is 13.6 Å². The van der Waals surface area contributed by atoms with Crippen molar-refractivity contribution in [3.8, 4) is 0 Å². The van der Waals surface area contributed by atoms with E-state index >= 15 is 0 Å². The predicted octanol–water partition coefficient (Wildman–Crippen LogP) is 4.47. The maximum atomic E-state index is 11.7. The van der Waals surface area contributed by atoms with E-state index in [-0.39, 0.29) is 22.8 Å². The number of sulfonamides is 1. The van der Waals surface area contributed by atoms with E-state index in [0.717, 1.165) is 23.2 Å². The van der Waals surface area contributed by atoms with Gasteiger partial charge in [0, 0.05) is 27.2 Å². The Morgan fingerprint density at radius 1 is 1.12 bits per heavy atom. The second-order valence-corrected chi connectivity index (χ2v) is 8.78. The summed E-state index contributed by atoms with van der Waals surface area (Å²) in [4.78, 5) is 0.126. The summed E-state index contributed by atoms with van der Waals surface area (Å²) in [6, 6.07) is 10.4. The van der Waals surface area contributed by atoms with Gasteiger partial charge in [-0.1, -0.05) is 41.4 Å². The molecule has 2 aromatic carbocycles. The van der Waals surface area contributed by atoms with Gasteiger partial charge in [-0.15, -0.1) is 0 Å². The number of primary sulfonamides is 1. The van der Waals surface area contributed by atoms with Crippen LogP contribution in [0.25, 0.3) is 0 Å². The molecule has 3 N–H and O–H groups in total. The third-order valence-corrected chi connectivity index (χ3v) is 6.54. The van der Waals surface area contributed by atoms with E-state index in [1.807, 2.05) is 18.2 Å². The van der Waals surface area contributed by atoms with Crippen molar-refractivity contribution in [3.05, 3.63) is 69.7 Å². The molecule has 1 aliphatic carbocycles. The molecule has 3 atom stereocenters. The molecule has 1 aliphatic heterocycles. The molecular weight excluding hydrogens is 379 g/mol. The van der Waals surface area contributed by atoms with Crippen molar-refractivity contribution in [2.75, 3.05) is 5.32 Å². The van der Waals surface area contributed by atoms with Gasteiger partial charge in [-0.05, 0) is 48.2 Å². The summed E-state index contributed by atoms with van der Waals surface area (Å²) in [5.74, 6) is 0.302. The average Bonchev–Trinajstić information content (AvgIpc) is 3.03. The van der Waals surface area contributed by atoms with E-state index in [9.17, 15) is 8.42 Å². The van der Waals surface area contributed by atoms with Crippen LogP contribution in [-0.4, -0.2) is 8.42 Å². The van der Waals surface area contributed by atoms with Crippen molar-refractivity contribution in [2.45, 2.75) is 23.3 Å². The normalized spacial score (nSPS) is 24.5. The van der Waals surface area contributed by atoms with Gasteiger partial charge in [0.2, 0.25) is 10.0 Å². The van der Waals surface area contributed by atoms with Gasteiger partial charge in [-0.2, -0.15) is 0 Å². The SMILES string of the molecule is NS(=O)(=O)c1ccc2c(c1)C1C=CCC1C(c1c(Cl)cccc1Cl)N2. The smallest absolute Gasteiger partial charge is 0.238 e. The number of rotatable bonds is 2. The molecule has 0 radical (unpaired) electrons. The Labute approximate surface area is 156 Å². The molecule has 0 saturated heterocycles. The van der Waals surface area contributed by atoms with Gasteiger partial charge < -0.3 is 5.32 Å². The second kappa shape index (κ2) is 6.02. The van der Waals surface area contributed by atoms with Gasteiger partial charge in [0.05, 0.1) is 10.9 Å². The van der Waals surface area contributed by atoms with Crippen LogP contribution in [0.3, 0.4) is 0 Å². The molecule has 3 unspecified atom stereocenters. The van der Waals surface area contributed by atoms with Gasteiger partial charge >= 0.3 is 0 Å². The maximum Gasteiger partial charge on any atom is 0.238 e. The van der Waals surface area contributed by atoms with Crippen LogP contribution in [0.15, 0.2) is 53.4 Å². The molecule has 1 heterocycles. The van der Waals surface area contributed by atoms with Crippen molar-refractivity contribution in [1.29, 1.82) is 0 Å². The summed E-state index contributed by atoms with van der Waals surface area (Å²) in [6.07, 6.45) is 5.10. The molecule has 2 aromatic rings. The lowest BCUT2D eigenvalue weighted by molar-refractivity contribution is 0.425. The first-order valence-corrected chi connectivity index (χ1v) is 10.2. The molecular formula is C18H16Cl2N2O2S. The van der Waals surface area contributed by atoms with Crippen LogP contribution in [-0.2, 0) is 10.0 Å². The second-order valence-electron chi connectivity index (χ2n) is 6.40. The molecule has 4 nitrogen and oxygen atoms in total. The summed E-state index contributed by atoms with van der Waals surface area (Å²) in [7, 11) is -3.74. The molecule has 0 saturated carbocycles. The molecule has 7 heteroatoms. The Morgan fingerprint density at radius 3 is 2.52 bits per heavy atom. The molecule has 2 aliphatic rings. The number of nitrogens with one attached hydrogen (secondary N) is 1. The van der Waals surface area contributed by atoms with E-state index < -0.39 is 10.0 Å². The fraction of sp³-hybridized carbons (Fsp3) is 0.222. The molecule has 0 aromatic heterocycles. The van der Waals surface area contributed by atoms with Crippen LogP contribution in [0, 0.1) is 5.92 Å². The highest BCUT2D eigenvalue weighted by Crippen LogP contribution is 2.52. The Hall–Kier alpha value is -1.53. The van der Waals surface area contributed by atoms with E-state index in [1.54, 1.807) is 12.1 Å². The van der Waals surface area contributed by atoms with Gasteiger partial charge in [0.25, 0.3) is 0 Å². The van der Waals surface area contributed by atoms with Crippen LogP contribution < -0.4 is 10.5 Å². The standard InChI is InChI=1S/C18H16Cl2N2O2S/c19-14-5-2-6-15(20)17(14)18-12-4-1-3-11(12)13-9-10(25(21,23)24)7-8-16(13)22-18/h1-3,5-9,11-12,18,22H,4H2,(H2,21,23,24). The first kappa shape index (κ1) is 16.9. The fourth-order valence-corrected chi connectivity index (χ4v) is 5.02. The monoisotopic (exact) mass is 394 g/mol. The van der Waals surface area contributed by atoms with Crippen molar-refractivity contribution in [3.63, 3.8) is 0 Å². The van der Waals surface area contributed by atoms with Crippen molar-refractivity contribution in [1.82, 2.24) is 0 Å². The summed E-state index contributed by atoms with van der Waals surface area (Å²) < 4.78 is 23.4. The highest BCUT2D eigenvalue weighted by atomic mass is 35.5. The lowest BCUT2D eigenvalue weighted by atomic mass is 9.77. The largest absolute Gasteiger partial charge is 0.378 e. The van der Waals surface area contributed by atoms with Crippen molar-refractivity contribution >= 4 is 38.9 Å². The van der Waals surface area contributed by atoms with Crippen LogP contribution in [0.2, 0.25) is 10.0 Å². The molecule has 4 rings (SSSR count). The summed E-state index contributed by atoms with van der Waals surface area (Å²) in [6.45, 7) is 0.